The molecule has 1 aliphatic carbocycles. The Labute approximate surface area is 118 Å². The first-order chi connectivity index (χ1) is 8.69. The zero-order valence-corrected chi connectivity index (χ0v) is 12.3. The highest BCUT2D eigenvalue weighted by Crippen LogP contribution is 2.22. The Kier molecular flexibility index (Phi) is 4.82. The van der Waals surface area contributed by atoms with Crippen LogP contribution in [0.1, 0.15) is 24.0 Å². The van der Waals surface area contributed by atoms with Crippen LogP contribution in [0.2, 0.25) is 0 Å². The predicted molar refractivity (Wildman–Crippen MR) is 79.2 cm³/mol. The number of rotatable bonds is 6. The number of halogens is 1. The molecule has 0 spiro atoms. The summed E-state index contributed by atoms with van der Waals surface area (Å²) in [5.41, 5.74) is 2.61. The first kappa shape index (κ1) is 13.6. The molecule has 2 nitrogen and oxygen atoms in total. The van der Waals surface area contributed by atoms with Gasteiger partial charge in [0.25, 0.3) is 0 Å². The van der Waals surface area contributed by atoms with Gasteiger partial charge in [0.05, 0.1) is 6.54 Å². The lowest BCUT2D eigenvalue weighted by Crippen LogP contribution is -2.18. The van der Waals surface area contributed by atoms with E-state index < -0.39 is 0 Å². The molecule has 1 fully saturated rings. The van der Waals surface area contributed by atoms with Crippen LogP contribution in [0.5, 0.6) is 0 Å². The van der Waals surface area contributed by atoms with Gasteiger partial charge in [0.1, 0.15) is 0 Å². The fourth-order valence-electron chi connectivity index (χ4n) is 1.88. The maximum atomic E-state index is 5.31. The molecule has 0 atom stereocenters. The Morgan fingerprint density at radius 3 is 2.89 bits per heavy atom. The molecule has 0 aromatic heterocycles. The Balaban J connectivity index is 1.93. The van der Waals surface area contributed by atoms with Gasteiger partial charge >= 0.3 is 0 Å². The van der Waals surface area contributed by atoms with E-state index in [1.54, 1.807) is 0 Å². The van der Waals surface area contributed by atoms with Crippen LogP contribution in [0.25, 0.3) is 0 Å². The normalized spacial score (nSPS) is 14.8. The monoisotopic (exact) mass is 306 g/mol. The van der Waals surface area contributed by atoms with Crippen molar-refractivity contribution in [1.82, 2.24) is 10.2 Å². The van der Waals surface area contributed by atoms with Crippen molar-refractivity contribution in [2.24, 2.45) is 0 Å². The molecule has 3 heteroatoms. The topological polar surface area (TPSA) is 15.3 Å². The Hall–Kier alpha value is -0.820. The molecule has 1 aromatic rings. The van der Waals surface area contributed by atoms with E-state index in [0.717, 1.165) is 19.1 Å². The smallest absolute Gasteiger partial charge is 0.0599 e. The van der Waals surface area contributed by atoms with Crippen molar-refractivity contribution in [1.29, 1.82) is 0 Å². The van der Waals surface area contributed by atoms with Crippen molar-refractivity contribution in [3.63, 3.8) is 0 Å². The lowest BCUT2D eigenvalue weighted by atomic mass is 10.1. The van der Waals surface area contributed by atoms with Gasteiger partial charge in [-0.05, 0) is 37.1 Å². The van der Waals surface area contributed by atoms with Crippen molar-refractivity contribution < 1.29 is 0 Å². The first-order valence-corrected chi connectivity index (χ1v) is 7.11. The largest absolute Gasteiger partial charge is 0.310 e. The second kappa shape index (κ2) is 6.38. The quantitative estimate of drug-likeness (QED) is 0.813. The van der Waals surface area contributed by atoms with Crippen LogP contribution in [0.4, 0.5) is 0 Å². The molecule has 0 heterocycles. The summed E-state index contributed by atoms with van der Waals surface area (Å²) in [6, 6.07) is 7.33. The molecule has 1 N–H and O–H groups in total. The Morgan fingerprint density at radius 1 is 1.50 bits per heavy atom. The first-order valence-electron chi connectivity index (χ1n) is 6.31. The van der Waals surface area contributed by atoms with E-state index in [0.29, 0.717) is 6.54 Å². The van der Waals surface area contributed by atoms with E-state index in [1.807, 2.05) is 7.05 Å². The minimum Gasteiger partial charge on any atom is -0.310 e. The SMILES string of the molecule is C#CCN(C)Cc1ccc(CNC2CC2)cc1Br. The predicted octanol–water partition coefficient (Wildman–Crippen LogP) is 2.77. The molecule has 18 heavy (non-hydrogen) atoms. The van der Waals surface area contributed by atoms with Gasteiger partial charge in [-0.15, -0.1) is 6.42 Å². The molecule has 1 aliphatic rings. The molecule has 96 valence electrons. The average molecular weight is 307 g/mol. The minimum atomic E-state index is 0.678. The third-order valence-corrected chi connectivity index (χ3v) is 3.83. The highest BCUT2D eigenvalue weighted by atomic mass is 79.9. The molecule has 2 rings (SSSR count). The van der Waals surface area contributed by atoms with Crippen molar-refractivity contribution in [2.75, 3.05) is 13.6 Å². The number of hydrogen-bond donors (Lipinski definition) is 1. The van der Waals surface area contributed by atoms with Crippen LogP contribution < -0.4 is 5.32 Å². The lowest BCUT2D eigenvalue weighted by molar-refractivity contribution is 0.368. The molecule has 1 saturated carbocycles. The molecule has 0 unspecified atom stereocenters. The maximum Gasteiger partial charge on any atom is 0.0599 e. The summed E-state index contributed by atoms with van der Waals surface area (Å²) in [5.74, 6) is 2.66. The van der Waals surface area contributed by atoms with Crippen LogP contribution in [0, 0.1) is 12.3 Å². The van der Waals surface area contributed by atoms with Gasteiger partial charge in [-0.3, -0.25) is 4.90 Å². The van der Waals surface area contributed by atoms with Crippen molar-refractivity contribution in [2.45, 2.75) is 32.0 Å². The molecule has 0 amide bonds. The van der Waals surface area contributed by atoms with Crippen molar-refractivity contribution >= 4 is 15.9 Å². The second-order valence-corrected chi connectivity index (χ2v) is 5.81. The molecular formula is C15H19BrN2. The second-order valence-electron chi connectivity index (χ2n) is 4.96. The van der Waals surface area contributed by atoms with Gasteiger partial charge < -0.3 is 5.32 Å². The summed E-state index contributed by atoms with van der Waals surface area (Å²) in [5, 5.41) is 3.52. The van der Waals surface area contributed by atoms with Crippen LogP contribution in [0.15, 0.2) is 22.7 Å². The number of benzene rings is 1. The molecule has 1 aromatic carbocycles. The highest BCUT2D eigenvalue weighted by molar-refractivity contribution is 9.10. The average Bonchev–Trinajstić information content (AvgIpc) is 3.14. The number of nitrogens with zero attached hydrogens (tertiary/aromatic N) is 1. The number of nitrogens with one attached hydrogen (secondary N) is 1. The summed E-state index contributed by atoms with van der Waals surface area (Å²) in [6.07, 6.45) is 7.97. The Bertz CT molecular complexity index is 446. The van der Waals surface area contributed by atoms with Gasteiger partial charge in [-0.1, -0.05) is 34.0 Å². The van der Waals surface area contributed by atoms with Gasteiger partial charge in [-0.2, -0.15) is 0 Å². The van der Waals surface area contributed by atoms with Gasteiger partial charge in [0.2, 0.25) is 0 Å². The third kappa shape index (κ3) is 4.13. The minimum absolute atomic E-state index is 0.678. The summed E-state index contributed by atoms with van der Waals surface area (Å²) in [6.45, 7) is 2.52. The maximum absolute atomic E-state index is 5.31. The number of terminal acetylenes is 1. The van der Waals surface area contributed by atoms with E-state index >= 15 is 0 Å². The highest BCUT2D eigenvalue weighted by Gasteiger charge is 2.19. The summed E-state index contributed by atoms with van der Waals surface area (Å²) < 4.78 is 1.17. The van der Waals surface area contributed by atoms with Gasteiger partial charge in [0, 0.05) is 23.6 Å². The molecule has 0 bridgehead atoms. The van der Waals surface area contributed by atoms with Gasteiger partial charge in [0.15, 0.2) is 0 Å². The fraction of sp³-hybridized carbons (Fsp3) is 0.467. The zero-order valence-electron chi connectivity index (χ0n) is 10.7. The standard InChI is InChI=1S/C15H19BrN2/c1-3-8-18(2)11-13-5-4-12(9-15(13)16)10-17-14-6-7-14/h1,4-5,9,14,17H,6-8,10-11H2,2H3. The van der Waals surface area contributed by atoms with Crippen LogP contribution >= 0.6 is 15.9 Å². The summed E-state index contributed by atoms with van der Waals surface area (Å²) in [7, 11) is 2.04. The molecule has 0 radical (unpaired) electrons. The van der Waals surface area contributed by atoms with Crippen LogP contribution in [-0.2, 0) is 13.1 Å². The lowest BCUT2D eigenvalue weighted by Gasteiger charge is -2.15. The van der Waals surface area contributed by atoms with E-state index in [2.05, 4.69) is 50.3 Å². The van der Waals surface area contributed by atoms with Crippen molar-refractivity contribution in [3.8, 4) is 12.3 Å². The summed E-state index contributed by atoms with van der Waals surface area (Å²) >= 11 is 3.64. The van der Waals surface area contributed by atoms with E-state index in [9.17, 15) is 0 Å². The third-order valence-electron chi connectivity index (χ3n) is 3.09. The number of hydrogen-bond acceptors (Lipinski definition) is 2. The molecule has 0 aliphatic heterocycles. The Morgan fingerprint density at radius 2 is 2.28 bits per heavy atom. The molecular weight excluding hydrogens is 288 g/mol. The van der Waals surface area contributed by atoms with Crippen LogP contribution in [0.3, 0.4) is 0 Å². The van der Waals surface area contributed by atoms with E-state index in [4.69, 9.17) is 6.42 Å². The molecule has 0 saturated heterocycles. The van der Waals surface area contributed by atoms with Gasteiger partial charge in [-0.25, -0.2) is 0 Å². The zero-order chi connectivity index (χ0) is 13.0. The summed E-state index contributed by atoms with van der Waals surface area (Å²) in [4.78, 5) is 2.13. The fourth-order valence-corrected chi connectivity index (χ4v) is 2.43. The van der Waals surface area contributed by atoms with Crippen LogP contribution in [-0.4, -0.2) is 24.5 Å². The van der Waals surface area contributed by atoms with E-state index in [1.165, 1.54) is 28.4 Å². The van der Waals surface area contributed by atoms with Crippen molar-refractivity contribution in [3.05, 3.63) is 33.8 Å². The van der Waals surface area contributed by atoms with E-state index in [-0.39, 0.29) is 0 Å².